The highest BCUT2D eigenvalue weighted by Gasteiger charge is 2.31. The first-order chi connectivity index (χ1) is 13.5. The normalized spacial score (nSPS) is 29.0. The third-order valence-electron chi connectivity index (χ3n) is 5.87. The number of nitriles is 1. The van der Waals surface area contributed by atoms with Crippen LogP contribution < -0.4 is 10.2 Å². The molecule has 0 unspecified atom stereocenters. The van der Waals surface area contributed by atoms with E-state index in [0.29, 0.717) is 17.6 Å². The third kappa shape index (κ3) is 3.83. The van der Waals surface area contributed by atoms with Gasteiger partial charge in [0.2, 0.25) is 0 Å². The molecule has 0 spiro atoms. The van der Waals surface area contributed by atoms with Gasteiger partial charge in [-0.15, -0.1) is 0 Å². The molecule has 2 saturated heterocycles. The Morgan fingerprint density at radius 2 is 2.07 bits per heavy atom. The van der Waals surface area contributed by atoms with E-state index >= 15 is 0 Å². The van der Waals surface area contributed by atoms with E-state index in [0.717, 1.165) is 49.3 Å². The van der Waals surface area contributed by atoms with Gasteiger partial charge in [0.05, 0.1) is 23.3 Å². The highest BCUT2D eigenvalue weighted by molar-refractivity contribution is 5.95. The average molecular weight is 380 g/mol. The molecule has 4 atom stereocenters. The number of piperazine rings is 1. The Bertz CT molecular complexity index is 879. The summed E-state index contributed by atoms with van der Waals surface area (Å²) in [6.45, 7) is 11.4. The molecule has 2 aliphatic rings. The number of pyridine rings is 1. The number of hydrogen-bond acceptors (Lipinski definition) is 6. The smallest absolute Gasteiger partial charge is 0.101 e. The predicted molar refractivity (Wildman–Crippen MR) is 112 cm³/mol. The van der Waals surface area contributed by atoms with Crippen molar-refractivity contribution in [3.05, 3.63) is 36.0 Å². The lowest BCUT2D eigenvalue weighted by Crippen LogP contribution is -2.58. The summed E-state index contributed by atoms with van der Waals surface area (Å²) in [5, 5.41) is 14.0. The Labute approximate surface area is 167 Å². The average Bonchev–Trinajstić information content (AvgIpc) is 2.69. The van der Waals surface area contributed by atoms with Crippen LogP contribution in [0.1, 0.15) is 26.3 Å². The Balaban J connectivity index is 1.57. The number of aromatic nitrogens is 1. The van der Waals surface area contributed by atoms with Crippen LogP contribution in [0.25, 0.3) is 10.9 Å². The van der Waals surface area contributed by atoms with Crippen molar-refractivity contribution in [2.45, 2.75) is 45.1 Å². The molecule has 1 aromatic heterocycles. The number of nitrogens with one attached hydrogen (secondary N) is 1. The maximum Gasteiger partial charge on any atom is 0.101 e. The standard InChI is InChI=1S/C22H29N5O/c1-15-11-26(16(2)10-25-15)13-19-14-27(12-17(3)28-19)21-7-6-18(9-23)22-20(21)5-4-8-24-22/h4-8,15-17,19,25H,10-14H2,1-3H3/t15-,16-,17-,19-/m1/s1. The molecule has 1 N–H and O–H groups in total. The zero-order valence-electron chi connectivity index (χ0n) is 16.9. The molecule has 0 radical (unpaired) electrons. The molecule has 2 aromatic rings. The Kier molecular flexibility index (Phi) is 5.49. The largest absolute Gasteiger partial charge is 0.370 e. The van der Waals surface area contributed by atoms with E-state index in [1.165, 1.54) is 0 Å². The van der Waals surface area contributed by atoms with Crippen molar-refractivity contribution in [1.29, 1.82) is 5.26 Å². The Hall–Kier alpha value is -2.20. The van der Waals surface area contributed by atoms with Gasteiger partial charge in [-0.1, -0.05) is 0 Å². The second-order valence-corrected chi connectivity index (χ2v) is 8.23. The van der Waals surface area contributed by atoms with Crippen molar-refractivity contribution in [2.75, 3.05) is 37.6 Å². The van der Waals surface area contributed by atoms with E-state index in [9.17, 15) is 5.26 Å². The number of benzene rings is 1. The van der Waals surface area contributed by atoms with Crippen LogP contribution in [-0.4, -0.2) is 66.9 Å². The summed E-state index contributed by atoms with van der Waals surface area (Å²) in [4.78, 5) is 9.41. The molecule has 0 saturated carbocycles. The Morgan fingerprint density at radius 3 is 2.89 bits per heavy atom. The molecular formula is C22H29N5O. The molecule has 2 fully saturated rings. The van der Waals surface area contributed by atoms with Crippen LogP contribution >= 0.6 is 0 Å². The van der Waals surface area contributed by atoms with Crippen molar-refractivity contribution >= 4 is 16.6 Å². The van der Waals surface area contributed by atoms with Crippen LogP contribution in [0.4, 0.5) is 5.69 Å². The fourth-order valence-corrected chi connectivity index (χ4v) is 4.48. The molecule has 2 aliphatic heterocycles. The molecule has 6 heteroatoms. The quantitative estimate of drug-likeness (QED) is 0.883. The van der Waals surface area contributed by atoms with Crippen molar-refractivity contribution in [2.24, 2.45) is 0 Å². The maximum atomic E-state index is 9.42. The van der Waals surface area contributed by atoms with Crippen LogP contribution in [0.2, 0.25) is 0 Å². The van der Waals surface area contributed by atoms with Crippen LogP contribution in [-0.2, 0) is 4.74 Å². The van der Waals surface area contributed by atoms with Crippen molar-refractivity contribution in [3.63, 3.8) is 0 Å². The van der Waals surface area contributed by atoms with E-state index < -0.39 is 0 Å². The number of nitrogens with zero attached hydrogens (tertiary/aromatic N) is 4. The number of morpholine rings is 1. The van der Waals surface area contributed by atoms with Gasteiger partial charge in [0.25, 0.3) is 0 Å². The van der Waals surface area contributed by atoms with Crippen LogP contribution in [0.5, 0.6) is 0 Å². The highest BCUT2D eigenvalue weighted by Crippen LogP contribution is 2.30. The van der Waals surface area contributed by atoms with Gasteiger partial charge in [0.1, 0.15) is 6.07 Å². The van der Waals surface area contributed by atoms with Gasteiger partial charge < -0.3 is 15.0 Å². The minimum atomic E-state index is 0.164. The first-order valence-corrected chi connectivity index (χ1v) is 10.2. The fourth-order valence-electron chi connectivity index (χ4n) is 4.48. The summed E-state index contributed by atoms with van der Waals surface area (Å²) in [6.07, 6.45) is 2.08. The van der Waals surface area contributed by atoms with Gasteiger partial charge in [-0.05, 0) is 45.0 Å². The van der Waals surface area contributed by atoms with Crippen LogP contribution in [0.3, 0.4) is 0 Å². The Morgan fingerprint density at radius 1 is 1.21 bits per heavy atom. The summed E-state index contributed by atoms with van der Waals surface area (Å²) >= 11 is 0. The first kappa shape index (κ1) is 19.1. The molecular weight excluding hydrogens is 350 g/mol. The highest BCUT2D eigenvalue weighted by atomic mass is 16.5. The molecule has 1 aromatic carbocycles. The summed E-state index contributed by atoms with van der Waals surface area (Å²) in [6, 6.07) is 11.3. The summed E-state index contributed by atoms with van der Waals surface area (Å²) < 4.78 is 6.31. The lowest BCUT2D eigenvalue weighted by atomic mass is 10.1. The fraction of sp³-hybridized carbons (Fsp3) is 0.545. The number of ether oxygens (including phenoxy) is 1. The van der Waals surface area contributed by atoms with E-state index in [1.54, 1.807) is 6.20 Å². The number of rotatable bonds is 3. The van der Waals surface area contributed by atoms with Crippen molar-refractivity contribution in [1.82, 2.24) is 15.2 Å². The molecule has 0 aliphatic carbocycles. The minimum absolute atomic E-state index is 0.164. The van der Waals surface area contributed by atoms with Gasteiger partial charge in [-0.2, -0.15) is 5.26 Å². The van der Waals surface area contributed by atoms with Crippen molar-refractivity contribution in [3.8, 4) is 6.07 Å². The number of hydrogen-bond donors (Lipinski definition) is 1. The van der Waals surface area contributed by atoms with Gasteiger partial charge in [0.15, 0.2) is 0 Å². The lowest BCUT2D eigenvalue weighted by Gasteiger charge is -2.43. The predicted octanol–water partition coefficient (Wildman–Crippen LogP) is 2.38. The topological polar surface area (TPSA) is 64.4 Å². The zero-order valence-corrected chi connectivity index (χ0v) is 16.9. The molecule has 148 valence electrons. The van der Waals surface area contributed by atoms with Crippen LogP contribution in [0.15, 0.2) is 30.5 Å². The molecule has 6 nitrogen and oxygen atoms in total. The van der Waals surface area contributed by atoms with E-state index in [4.69, 9.17) is 4.74 Å². The summed E-state index contributed by atoms with van der Waals surface area (Å²) in [7, 11) is 0. The van der Waals surface area contributed by atoms with Crippen molar-refractivity contribution < 1.29 is 4.74 Å². The number of fused-ring (bicyclic) bond motifs is 1. The first-order valence-electron chi connectivity index (χ1n) is 10.2. The van der Waals surface area contributed by atoms with Crippen LogP contribution in [0, 0.1) is 11.3 Å². The second kappa shape index (κ2) is 8.04. The molecule has 3 heterocycles. The van der Waals surface area contributed by atoms with Gasteiger partial charge >= 0.3 is 0 Å². The minimum Gasteiger partial charge on any atom is -0.370 e. The van der Waals surface area contributed by atoms with E-state index in [1.807, 2.05) is 12.1 Å². The molecule has 0 bridgehead atoms. The molecule has 0 amide bonds. The molecule has 28 heavy (non-hydrogen) atoms. The van der Waals surface area contributed by atoms with E-state index in [2.05, 4.69) is 59.1 Å². The maximum absolute atomic E-state index is 9.42. The summed E-state index contributed by atoms with van der Waals surface area (Å²) in [5.41, 5.74) is 2.55. The second-order valence-electron chi connectivity index (χ2n) is 8.23. The lowest BCUT2D eigenvalue weighted by molar-refractivity contribution is -0.0415. The zero-order chi connectivity index (χ0) is 19.7. The third-order valence-corrected chi connectivity index (χ3v) is 5.87. The van der Waals surface area contributed by atoms with Gasteiger partial charge in [-0.3, -0.25) is 9.88 Å². The summed E-state index contributed by atoms with van der Waals surface area (Å²) in [5.74, 6) is 0. The van der Waals surface area contributed by atoms with E-state index in [-0.39, 0.29) is 12.2 Å². The monoisotopic (exact) mass is 379 g/mol. The molecule has 4 rings (SSSR count). The SMILES string of the molecule is C[C@@H]1CN(C[C@@H]2CN(c3ccc(C#N)c4ncccc34)C[C@@H](C)O2)[C@H](C)CN1. The number of anilines is 1. The van der Waals surface area contributed by atoms with Gasteiger partial charge in [0, 0.05) is 62.1 Å². The van der Waals surface area contributed by atoms with Gasteiger partial charge in [-0.25, -0.2) is 0 Å².